The van der Waals surface area contributed by atoms with Crippen molar-refractivity contribution >= 4 is 45.4 Å². The van der Waals surface area contributed by atoms with E-state index in [0.29, 0.717) is 17.8 Å². The Morgan fingerprint density at radius 1 is 0.455 bits per heavy atom. The van der Waals surface area contributed by atoms with Crippen LogP contribution in [-0.4, -0.2) is 36.1 Å². The number of para-hydroxylation sites is 1. The first-order valence-corrected chi connectivity index (χ1v) is 20.3. The van der Waals surface area contributed by atoms with E-state index in [-0.39, 0.29) is 24.2 Å². The molecule has 5 aromatic rings. The molecule has 0 aliphatic rings. The van der Waals surface area contributed by atoms with Crippen molar-refractivity contribution in [2.45, 2.75) is 126 Å². The van der Waals surface area contributed by atoms with Gasteiger partial charge >= 0.3 is 0 Å². The summed E-state index contributed by atoms with van der Waals surface area (Å²) in [6, 6.07) is 41.1. The molecule has 0 spiro atoms. The van der Waals surface area contributed by atoms with Crippen molar-refractivity contribution in [1.29, 1.82) is 10.8 Å². The maximum atomic E-state index is 9.19. The summed E-state index contributed by atoms with van der Waals surface area (Å²) in [5, 5.41) is 20.7. The number of hydrogen-bond donors (Lipinski definition) is 2. The second-order valence-corrected chi connectivity index (χ2v) is 15.8. The predicted octanol–water partition coefficient (Wildman–Crippen LogP) is 12.9. The zero-order valence-corrected chi connectivity index (χ0v) is 35.6. The first-order valence-electron chi connectivity index (χ1n) is 20.3. The number of rotatable bonds is 11. The van der Waals surface area contributed by atoms with Gasteiger partial charge in [-0.25, -0.2) is 0 Å². The SMILES string of the molecule is CCc1cccc(N(C(=N)N(c2cccc3ccccc23)C(C)C)C(C)C)c1.CCc1cccc(N(C(=N)N(c2ccccc2C(C)C)C(C)C)C(C)C)c1. The Morgan fingerprint density at radius 3 is 1.33 bits per heavy atom. The third-order valence-corrected chi connectivity index (χ3v) is 10.0. The van der Waals surface area contributed by atoms with Gasteiger partial charge in [-0.05, 0) is 133 Å². The number of guanidine groups is 2. The molecule has 0 radical (unpaired) electrons. The molecule has 0 saturated heterocycles. The Morgan fingerprint density at radius 2 is 0.855 bits per heavy atom. The molecule has 0 unspecified atom stereocenters. The van der Waals surface area contributed by atoms with Crippen molar-refractivity contribution in [3.8, 4) is 0 Å². The number of nitrogens with one attached hydrogen (secondary N) is 2. The normalized spacial score (nSPS) is 11.3. The Bertz CT molecular complexity index is 2000. The summed E-state index contributed by atoms with van der Waals surface area (Å²) in [5.74, 6) is 1.45. The number of anilines is 4. The van der Waals surface area contributed by atoms with Gasteiger partial charge in [0, 0.05) is 46.6 Å². The van der Waals surface area contributed by atoms with Crippen LogP contribution in [0.25, 0.3) is 10.8 Å². The fourth-order valence-electron chi connectivity index (χ4n) is 7.30. The second kappa shape index (κ2) is 19.5. The van der Waals surface area contributed by atoms with Crippen LogP contribution in [0.2, 0.25) is 0 Å². The predicted molar refractivity (Wildman–Crippen MR) is 242 cm³/mol. The summed E-state index contributed by atoms with van der Waals surface area (Å²) < 4.78 is 0. The standard InChI is InChI=1S/C25H31N3.C24H35N3/c1-6-20-11-9-14-22(17-20)27(18(2)3)25(26)28(19(4)5)24-16-10-13-21-12-7-8-15-23(21)24;1-8-20-12-11-13-21(16-20)26(18(4)5)24(25)27(19(6)7)23-15-10-9-14-22(23)17(2)3/h7-19,26H,6H2,1-5H3;9-19,25H,8H2,1-7H3. The van der Waals surface area contributed by atoms with Crippen LogP contribution in [0.5, 0.6) is 0 Å². The fourth-order valence-corrected chi connectivity index (χ4v) is 7.30. The summed E-state index contributed by atoms with van der Waals surface area (Å²) >= 11 is 0. The topological polar surface area (TPSA) is 60.7 Å². The minimum Gasteiger partial charge on any atom is -0.310 e. The molecular weight excluding hydrogens is 673 g/mol. The average Bonchev–Trinajstić information content (AvgIpc) is 3.15. The van der Waals surface area contributed by atoms with Crippen LogP contribution in [-0.2, 0) is 12.8 Å². The van der Waals surface area contributed by atoms with Crippen LogP contribution < -0.4 is 19.6 Å². The van der Waals surface area contributed by atoms with Crippen LogP contribution >= 0.6 is 0 Å². The van der Waals surface area contributed by atoms with E-state index in [1.807, 2.05) is 0 Å². The van der Waals surface area contributed by atoms with Gasteiger partial charge in [0.15, 0.2) is 0 Å². The van der Waals surface area contributed by atoms with E-state index < -0.39 is 0 Å². The van der Waals surface area contributed by atoms with Gasteiger partial charge in [-0.3, -0.25) is 10.8 Å². The lowest BCUT2D eigenvalue weighted by atomic mass is 10.00. The van der Waals surface area contributed by atoms with E-state index in [4.69, 9.17) is 5.41 Å². The molecule has 0 saturated carbocycles. The molecular formula is C49H66N6. The van der Waals surface area contributed by atoms with Gasteiger partial charge < -0.3 is 19.6 Å². The van der Waals surface area contributed by atoms with Crippen LogP contribution in [0, 0.1) is 10.8 Å². The number of hydrogen-bond acceptors (Lipinski definition) is 2. The third-order valence-electron chi connectivity index (χ3n) is 10.0. The highest BCUT2D eigenvalue weighted by molar-refractivity contribution is 6.10. The van der Waals surface area contributed by atoms with E-state index >= 15 is 0 Å². The Labute approximate surface area is 332 Å². The van der Waals surface area contributed by atoms with Crippen LogP contribution in [0.1, 0.15) is 106 Å². The largest absolute Gasteiger partial charge is 0.310 e. The van der Waals surface area contributed by atoms with Crippen LogP contribution in [0.4, 0.5) is 22.7 Å². The quantitative estimate of drug-likeness (QED) is 0.105. The van der Waals surface area contributed by atoms with Crippen molar-refractivity contribution in [3.63, 3.8) is 0 Å². The smallest absolute Gasteiger partial charge is 0.203 e. The molecule has 0 heterocycles. The molecule has 6 heteroatoms. The van der Waals surface area contributed by atoms with Gasteiger partial charge in [-0.2, -0.15) is 0 Å². The third kappa shape index (κ3) is 10.2. The van der Waals surface area contributed by atoms with Crippen molar-refractivity contribution < 1.29 is 0 Å². The molecule has 55 heavy (non-hydrogen) atoms. The molecule has 6 nitrogen and oxygen atoms in total. The summed E-state index contributed by atoms with van der Waals surface area (Å²) in [6.45, 7) is 26.0. The zero-order valence-electron chi connectivity index (χ0n) is 35.6. The van der Waals surface area contributed by atoms with E-state index in [1.54, 1.807) is 0 Å². The van der Waals surface area contributed by atoms with E-state index in [2.05, 4.69) is 218 Å². The average molecular weight is 739 g/mol. The van der Waals surface area contributed by atoms with E-state index in [9.17, 15) is 5.41 Å². The number of aryl methyl sites for hydroxylation is 2. The minimum atomic E-state index is 0.161. The lowest BCUT2D eigenvalue weighted by Crippen LogP contribution is -2.50. The molecule has 5 rings (SSSR count). The summed E-state index contributed by atoms with van der Waals surface area (Å²) in [4.78, 5) is 8.56. The fraction of sp³-hybridized carbons (Fsp3) is 0.388. The molecule has 0 atom stereocenters. The van der Waals surface area contributed by atoms with Crippen LogP contribution in [0.15, 0.2) is 115 Å². The summed E-state index contributed by atoms with van der Waals surface area (Å²) in [5.41, 5.74) is 8.23. The minimum absolute atomic E-state index is 0.161. The Balaban J connectivity index is 0.000000245. The molecule has 292 valence electrons. The van der Waals surface area contributed by atoms with Gasteiger partial charge in [-0.15, -0.1) is 0 Å². The monoisotopic (exact) mass is 739 g/mol. The molecule has 0 aliphatic carbocycles. The van der Waals surface area contributed by atoms with Crippen molar-refractivity contribution in [2.24, 2.45) is 0 Å². The van der Waals surface area contributed by atoms with Gasteiger partial charge in [0.2, 0.25) is 11.9 Å². The molecule has 0 amide bonds. The van der Waals surface area contributed by atoms with Crippen LogP contribution in [0.3, 0.4) is 0 Å². The van der Waals surface area contributed by atoms with Crippen molar-refractivity contribution in [1.82, 2.24) is 0 Å². The van der Waals surface area contributed by atoms with Gasteiger partial charge in [0.05, 0.1) is 5.69 Å². The van der Waals surface area contributed by atoms with E-state index in [0.717, 1.165) is 35.6 Å². The number of fused-ring (bicyclic) bond motifs is 1. The molecule has 0 bridgehead atoms. The highest BCUT2D eigenvalue weighted by Gasteiger charge is 2.28. The lowest BCUT2D eigenvalue weighted by Gasteiger charge is -2.39. The summed E-state index contributed by atoms with van der Waals surface area (Å²) in [7, 11) is 0. The summed E-state index contributed by atoms with van der Waals surface area (Å²) in [6.07, 6.45) is 1.99. The molecule has 0 aromatic heterocycles. The van der Waals surface area contributed by atoms with Crippen molar-refractivity contribution in [2.75, 3.05) is 19.6 Å². The highest BCUT2D eigenvalue weighted by Crippen LogP contribution is 2.33. The molecule has 5 aromatic carbocycles. The Kier molecular flexibility index (Phi) is 15.1. The van der Waals surface area contributed by atoms with Gasteiger partial charge in [0.1, 0.15) is 0 Å². The lowest BCUT2D eigenvalue weighted by molar-refractivity contribution is 0.739. The highest BCUT2D eigenvalue weighted by atomic mass is 15.4. The van der Waals surface area contributed by atoms with Gasteiger partial charge in [0.25, 0.3) is 0 Å². The maximum Gasteiger partial charge on any atom is 0.203 e. The first kappa shape index (κ1) is 42.6. The second-order valence-electron chi connectivity index (χ2n) is 15.8. The number of benzene rings is 5. The molecule has 0 fully saturated rings. The molecule has 0 aliphatic heterocycles. The van der Waals surface area contributed by atoms with Gasteiger partial charge in [-0.1, -0.05) is 107 Å². The molecule has 2 N–H and O–H groups in total. The zero-order chi connectivity index (χ0) is 40.4. The number of nitrogens with zero attached hydrogens (tertiary/aromatic N) is 4. The first-order chi connectivity index (χ1) is 26.2. The maximum absolute atomic E-state index is 9.19. The van der Waals surface area contributed by atoms with Crippen molar-refractivity contribution in [3.05, 3.63) is 132 Å². The van der Waals surface area contributed by atoms with E-state index in [1.165, 1.54) is 27.5 Å². The Hall–Kier alpha value is -5.10.